The molecular formula is C13H16F3NO3. The SMILES string of the molecule is CCOC(=O)C(NCCOC)c1cc(F)c(F)cc1F. The third kappa shape index (κ3) is 4.21. The Morgan fingerprint density at radius 2 is 1.90 bits per heavy atom. The Labute approximate surface area is 114 Å². The minimum absolute atomic E-state index is 0.0899. The van der Waals surface area contributed by atoms with E-state index in [0.29, 0.717) is 12.1 Å². The lowest BCUT2D eigenvalue weighted by Crippen LogP contribution is -2.33. The van der Waals surface area contributed by atoms with Crippen LogP contribution in [0.5, 0.6) is 0 Å². The number of nitrogens with one attached hydrogen (secondary N) is 1. The van der Waals surface area contributed by atoms with Gasteiger partial charge in [0, 0.05) is 25.3 Å². The van der Waals surface area contributed by atoms with Crippen molar-refractivity contribution < 1.29 is 27.4 Å². The predicted molar refractivity (Wildman–Crippen MR) is 65.6 cm³/mol. The summed E-state index contributed by atoms with van der Waals surface area (Å²) in [6, 6.07) is -0.179. The van der Waals surface area contributed by atoms with Gasteiger partial charge in [-0.3, -0.25) is 5.32 Å². The zero-order valence-electron chi connectivity index (χ0n) is 11.2. The maximum atomic E-state index is 13.7. The molecule has 1 aromatic rings. The highest BCUT2D eigenvalue weighted by molar-refractivity contribution is 5.77. The van der Waals surface area contributed by atoms with Gasteiger partial charge in [0.25, 0.3) is 0 Å². The fraction of sp³-hybridized carbons (Fsp3) is 0.462. The van der Waals surface area contributed by atoms with E-state index < -0.39 is 29.5 Å². The van der Waals surface area contributed by atoms with Crippen LogP contribution in [0.25, 0.3) is 0 Å². The van der Waals surface area contributed by atoms with Gasteiger partial charge in [0.15, 0.2) is 11.6 Å². The van der Waals surface area contributed by atoms with Crippen LogP contribution in [0, 0.1) is 17.5 Å². The molecule has 0 heterocycles. The third-order valence-corrected chi connectivity index (χ3v) is 2.53. The first-order valence-corrected chi connectivity index (χ1v) is 6.04. The summed E-state index contributed by atoms with van der Waals surface area (Å²) >= 11 is 0. The summed E-state index contributed by atoms with van der Waals surface area (Å²) in [5.41, 5.74) is -0.307. The summed E-state index contributed by atoms with van der Waals surface area (Å²) in [6.07, 6.45) is 0. The molecule has 112 valence electrons. The summed E-state index contributed by atoms with van der Waals surface area (Å²) < 4.78 is 49.4. The van der Waals surface area contributed by atoms with Crippen LogP contribution in [0.2, 0.25) is 0 Å². The van der Waals surface area contributed by atoms with E-state index in [1.165, 1.54) is 7.11 Å². The van der Waals surface area contributed by atoms with Crippen molar-refractivity contribution in [2.45, 2.75) is 13.0 Å². The van der Waals surface area contributed by atoms with Gasteiger partial charge in [-0.25, -0.2) is 18.0 Å². The first kappa shape index (κ1) is 16.5. The van der Waals surface area contributed by atoms with E-state index in [0.717, 1.165) is 0 Å². The smallest absolute Gasteiger partial charge is 0.327 e. The number of carbonyl (C=O) groups is 1. The average Bonchev–Trinajstić information content (AvgIpc) is 2.40. The van der Waals surface area contributed by atoms with Gasteiger partial charge in [-0.1, -0.05) is 0 Å². The largest absolute Gasteiger partial charge is 0.465 e. The third-order valence-electron chi connectivity index (χ3n) is 2.53. The second-order valence-corrected chi connectivity index (χ2v) is 3.92. The number of rotatable bonds is 7. The normalized spacial score (nSPS) is 12.2. The molecule has 1 aromatic carbocycles. The number of methoxy groups -OCH3 is 1. The fourth-order valence-electron chi connectivity index (χ4n) is 1.61. The van der Waals surface area contributed by atoms with Crippen molar-refractivity contribution in [1.29, 1.82) is 0 Å². The summed E-state index contributed by atoms with van der Waals surface area (Å²) in [5, 5.41) is 2.68. The molecule has 0 aliphatic heterocycles. The van der Waals surface area contributed by atoms with E-state index in [9.17, 15) is 18.0 Å². The van der Waals surface area contributed by atoms with Crippen molar-refractivity contribution in [3.8, 4) is 0 Å². The molecule has 0 fully saturated rings. The van der Waals surface area contributed by atoms with Crippen LogP contribution in [-0.4, -0.2) is 32.8 Å². The number of hydrogen-bond acceptors (Lipinski definition) is 4. The predicted octanol–water partition coefficient (Wildman–Crippen LogP) is 1.94. The highest BCUT2D eigenvalue weighted by Crippen LogP contribution is 2.21. The van der Waals surface area contributed by atoms with Crippen molar-refractivity contribution >= 4 is 5.97 Å². The second-order valence-electron chi connectivity index (χ2n) is 3.92. The van der Waals surface area contributed by atoms with E-state index in [4.69, 9.17) is 9.47 Å². The molecule has 1 atom stereocenters. The Bertz CT molecular complexity index is 468. The molecule has 0 amide bonds. The maximum absolute atomic E-state index is 13.7. The van der Waals surface area contributed by atoms with Crippen LogP contribution in [0.15, 0.2) is 12.1 Å². The Hall–Kier alpha value is -1.60. The quantitative estimate of drug-likeness (QED) is 0.474. The van der Waals surface area contributed by atoms with Crippen molar-refractivity contribution in [2.24, 2.45) is 0 Å². The number of esters is 1. The van der Waals surface area contributed by atoms with E-state index in [2.05, 4.69) is 5.32 Å². The molecule has 0 aliphatic rings. The summed E-state index contributed by atoms with van der Waals surface area (Å²) in [6.45, 7) is 2.16. The van der Waals surface area contributed by atoms with Gasteiger partial charge >= 0.3 is 5.97 Å². The zero-order chi connectivity index (χ0) is 15.1. The van der Waals surface area contributed by atoms with E-state index >= 15 is 0 Å². The molecule has 0 spiro atoms. The molecule has 0 bridgehead atoms. The van der Waals surface area contributed by atoms with E-state index in [-0.39, 0.29) is 25.3 Å². The fourth-order valence-corrected chi connectivity index (χ4v) is 1.61. The average molecular weight is 291 g/mol. The number of benzene rings is 1. The van der Waals surface area contributed by atoms with Crippen LogP contribution in [0.4, 0.5) is 13.2 Å². The first-order chi connectivity index (χ1) is 9.51. The van der Waals surface area contributed by atoms with Gasteiger partial charge < -0.3 is 9.47 Å². The lowest BCUT2D eigenvalue weighted by atomic mass is 10.1. The van der Waals surface area contributed by atoms with Crippen molar-refractivity contribution in [1.82, 2.24) is 5.32 Å². The number of ether oxygens (including phenoxy) is 2. The first-order valence-electron chi connectivity index (χ1n) is 6.04. The van der Waals surface area contributed by atoms with Gasteiger partial charge in [0.2, 0.25) is 0 Å². The lowest BCUT2D eigenvalue weighted by Gasteiger charge is -2.18. The van der Waals surface area contributed by atoms with Crippen molar-refractivity contribution in [2.75, 3.05) is 26.9 Å². The minimum atomic E-state index is -1.31. The number of halogens is 3. The number of carbonyl (C=O) groups excluding carboxylic acids is 1. The number of hydrogen-bond donors (Lipinski definition) is 1. The van der Waals surface area contributed by atoms with Gasteiger partial charge in [0.05, 0.1) is 13.2 Å². The molecule has 0 saturated carbocycles. The Morgan fingerprint density at radius 1 is 1.25 bits per heavy atom. The highest BCUT2D eigenvalue weighted by atomic mass is 19.2. The minimum Gasteiger partial charge on any atom is -0.465 e. The van der Waals surface area contributed by atoms with Crippen LogP contribution >= 0.6 is 0 Å². The molecule has 4 nitrogen and oxygen atoms in total. The van der Waals surface area contributed by atoms with Gasteiger partial charge in [-0.15, -0.1) is 0 Å². The van der Waals surface area contributed by atoms with Crippen molar-refractivity contribution in [3.63, 3.8) is 0 Å². The van der Waals surface area contributed by atoms with Crippen LogP contribution in [0.3, 0.4) is 0 Å². The molecule has 1 unspecified atom stereocenters. The molecule has 0 saturated heterocycles. The Kier molecular flexibility index (Phi) is 6.47. The lowest BCUT2D eigenvalue weighted by molar-refractivity contribution is -0.146. The second kappa shape index (κ2) is 7.86. The molecule has 7 heteroatoms. The zero-order valence-corrected chi connectivity index (χ0v) is 11.2. The van der Waals surface area contributed by atoms with Crippen LogP contribution in [0.1, 0.15) is 18.5 Å². The topological polar surface area (TPSA) is 47.6 Å². The molecule has 0 radical (unpaired) electrons. The molecule has 1 N–H and O–H groups in total. The molecule has 20 heavy (non-hydrogen) atoms. The Morgan fingerprint density at radius 3 is 2.50 bits per heavy atom. The van der Waals surface area contributed by atoms with E-state index in [1.807, 2.05) is 0 Å². The molecule has 1 rings (SSSR count). The van der Waals surface area contributed by atoms with Crippen molar-refractivity contribution in [3.05, 3.63) is 35.1 Å². The van der Waals surface area contributed by atoms with Crippen LogP contribution in [-0.2, 0) is 14.3 Å². The summed E-state index contributed by atoms with van der Waals surface area (Å²) in [7, 11) is 1.46. The monoisotopic (exact) mass is 291 g/mol. The Balaban J connectivity index is 3.02. The molecular weight excluding hydrogens is 275 g/mol. The standard InChI is InChI=1S/C13H16F3NO3/c1-3-20-13(18)12(17-4-5-19-2)8-6-10(15)11(16)7-9(8)14/h6-7,12,17H,3-5H2,1-2H3. The highest BCUT2D eigenvalue weighted by Gasteiger charge is 2.26. The molecule has 0 aliphatic carbocycles. The molecule has 0 aromatic heterocycles. The maximum Gasteiger partial charge on any atom is 0.327 e. The van der Waals surface area contributed by atoms with Crippen LogP contribution < -0.4 is 5.32 Å². The summed E-state index contributed by atoms with van der Waals surface area (Å²) in [4.78, 5) is 11.8. The van der Waals surface area contributed by atoms with Gasteiger partial charge in [-0.2, -0.15) is 0 Å². The van der Waals surface area contributed by atoms with Gasteiger partial charge in [-0.05, 0) is 13.0 Å². The summed E-state index contributed by atoms with van der Waals surface area (Å²) in [5.74, 6) is -4.34. The van der Waals surface area contributed by atoms with Gasteiger partial charge in [0.1, 0.15) is 11.9 Å². The van der Waals surface area contributed by atoms with E-state index in [1.54, 1.807) is 6.92 Å².